The Morgan fingerprint density at radius 2 is 1.61 bits per heavy atom. The molecule has 0 aliphatic heterocycles. The standard InChI is InChI=1S/C13H7F4I/c14-11-6-2-5-10(12(11)18)8-3-1-4-9(7-8)13(15,16)17/h1-7H. The van der Waals surface area contributed by atoms with Crippen molar-refractivity contribution >= 4 is 22.6 Å². The van der Waals surface area contributed by atoms with E-state index in [-0.39, 0.29) is 0 Å². The smallest absolute Gasteiger partial charge is 0.206 e. The van der Waals surface area contributed by atoms with Gasteiger partial charge < -0.3 is 0 Å². The van der Waals surface area contributed by atoms with Crippen molar-refractivity contribution < 1.29 is 17.6 Å². The molecule has 0 fully saturated rings. The first-order chi connectivity index (χ1) is 8.39. The second kappa shape index (κ2) is 4.87. The first kappa shape index (κ1) is 13.3. The molecule has 0 N–H and O–H groups in total. The Morgan fingerprint density at radius 1 is 0.944 bits per heavy atom. The van der Waals surface area contributed by atoms with Crippen LogP contribution in [0.5, 0.6) is 0 Å². The van der Waals surface area contributed by atoms with E-state index in [0.717, 1.165) is 12.1 Å². The Labute approximate surface area is 115 Å². The second-order valence-electron chi connectivity index (χ2n) is 3.68. The van der Waals surface area contributed by atoms with Crippen molar-refractivity contribution in [2.45, 2.75) is 6.18 Å². The molecular formula is C13H7F4I. The molecule has 0 atom stereocenters. The Morgan fingerprint density at radius 3 is 2.28 bits per heavy atom. The molecule has 0 aliphatic rings. The molecule has 5 heteroatoms. The SMILES string of the molecule is Fc1cccc(-c2cccc(C(F)(F)F)c2)c1I. The van der Waals surface area contributed by atoms with Crippen molar-refractivity contribution in [3.63, 3.8) is 0 Å². The zero-order chi connectivity index (χ0) is 13.3. The van der Waals surface area contributed by atoms with E-state index in [2.05, 4.69) is 0 Å². The normalized spacial score (nSPS) is 11.6. The topological polar surface area (TPSA) is 0 Å². The van der Waals surface area contributed by atoms with Crippen LogP contribution in [0, 0.1) is 9.39 Å². The maximum Gasteiger partial charge on any atom is 0.416 e. The van der Waals surface area contributed by atoms with Crippen LogP contribution in [0.3, 0.4) is 0 Å². The van der Waals surface area contributed by atoms with Gasteiger partial charge >= 0.3 is 6.18 Å². The van der Waals surface area contributed by atoms with Crippen LogP contribution in [0.15, 0.2) is 42.5 Å². The van der Waals surface area contributed by atoms with E-state index >= 15 is 0 Å². The van der Waals surface area contributed by atoms with E-state index in [0.29, 0.717) is 14.7 Å². The monoisotopic (exact) mass is 366 g/mol. The van der Waals surface area contributed by atoms with Crippen LogP contribution in [-0.2, 0) is 6.18 Å². The third-order valence-electron chi connectivity index (χ3n) is 2.45. The van der Waals surface area contributed by atoms with Gasteiger partial charge in [0.15, 0.2) is 0 Å². The molecule has 0 saturated heterocycles. The Bertz CT molecular complexity index is 575. The highest BCUT2D eigenvalue weighted by atomic mass is 127. The third kappa shape index (κ3) is 2.66. The Kier molecular flexibility index (Phi) is 3.61. The molecule has 0 spiro atoms. The highest BCUT2D eigenvalue weighted by Gasteiger charge is 2.30. The van der Waals surface area contributed by atoms with Crippen molar-refractivity contribution in [2.24, 2.45) is 0 Å². The van der Waals surface area contributed by atoms with Crippen molar-refractivity contribution in [2.75, 3.05) is 0 Å². The lowest BCUT2D eigenvalue weighted by Gasteiger charge is -2.10. The number of alkyl halides is 3. The van der Waals surface area contributed by atoms with Gasteiger partial charge in [0.25, 0.3) is 0 Å². The summed E-state index contributed by atoms with van der Waals surface area (Å²) in [5, 5.41) is 0. The fourth-order valence-corrected chi connectivity index (χ4v) is 2.26. The highest BCUT2D eigenvalue weighted by molar-refractivity contribution is 14.1. The van der Waals surface area contributed by atoms with Crippen molar-refractivity contribution in [3.05, 3.63) is 57.4 Å². The van der Waals surface area contributed by atoms with Gasteiger partial charge in [0.2, 0.25) is 0 Å². The lowest BCUT2D eigenvalue weighted by Crippen LogP contribution is -2.04. The van der Waals surface area contributed by atoms with Crippen LogP contribution >= 0.6 is 22.6 Å². The molecule has 0 bridgehead atoms. The summed E-state index contributed by atoms with van der Waals surface area (Å²) >= 11 is 1.78. The van der Waals surface area contributed by atoms with Crippen molar-refractivity contribution in [1.82, 2.24) is 0 Å². The largest absolute Gasteiger partial charge is 0.416 e. The number of rotatable bonds is 1. The van der Waals surface area contributed by atoms with Crippen LogP contribution in [0.4, 0.5) is 17.6 Å². The molecule has 0 unspecified atom stereocenters. The fraction of sp³-hybridized carbons (Fsp3) is 0.0769. The molecule has 2 aromatic rings. The van der Waals surface area contributed by atoms with E-state index in [1.54, 1.807) is 28.7 Å². The van der Waals surface area contributed by atoms with Gasteiger partial charge in [0.1, 0.15) is 5.82 Å². The van der Waals surface area contributed by atoms with Crippen molar-refractivity contribution in [1.29, 1.82) is 0 Å². The van der Waals surface area contributed by atoms with E-state index in [1.165, 1.54) is 24.3 Å². The minimum Gasteiger partial charge on any atom is -0.206 e. The molecule has 2 rings (SSSR count). The summed E-state index contributed by atoms with van der Waals surface area (Å²) in [6.45, 7) is 0. The van der Waals surface area contributed by atoms with E-state index in [4.69, 9.17) is 0 Å². The lowest BCUT2D eigenvalue weighted by atomic mass is 10.0. The average Bonchev–Trinajstić information content (AvgIpc) is 2.32. The number of hydrogen-bond acceptors (Lipinski definition) is 0. The lowest BCUT2D eigenvalue weighted by molar-refractivity contribution is -0.137. The summed E-state index contributed by atoms with van der Waals surface area (Å²) in [5.41, 5.74) is 0.0792. The minimum absolute atomic E-state index is 0.314. The third-order valence-corrected chi connectivity index (χ3v) is 3.55. The summed E-state index contributed by atoms with van der Waals surface area (Å²) in [6, 6.07) is 9.23. The predicted molar refractivity (Wildman–Crippen MR) is 69.6 cm³/mol. The maximum atomic E-state index is 13.4. The minimum atomic E-state index is -4.39. The van der Waals surface area contributed by atoms with Crippen LogP contribution < -0.4 is 0 Å². The maximum absolute atomic E-state index is 13.4. The number of hydrogen-bond donors (Lipinski definition) is 0. The molecule has 0 heterocycles. The molecule has 94 valence electrons. The van der Waals surface area contributed by atoms with Gasteiger partial charge in [0.05, 0.1) is 9.13 Å². The first-order valence-electron chi connectivity index (χ1n) is 5.01. The van der Waals surface area contributed by atoms with E-state index in [9.17, 15) is 17.6 Å². The van der Waals surface area contributed by atoms with Gasteiger partial charge in [0, 0.05) is 0 Å². The van der Waals surface area contributed by atoms with Crippen LogP contribution in [-0.4, -0.2) is 0 Å². The van der Waals surface area contributed by atoms with Crippen LogP contribution in [0.25, 0.3) is 11.1 Å². The van der Waals surface area contributed by atoms with E-state index in [1.807, 2.05) is 0 Å². The van der Waals surface area contributed by atoms with Gasteiger partial charge in [-0.15, -0.1) is 0 Å². The highest BCUT2D eigenvalue weighted by Crippen LogP contribution is 2.33. The molecule has 0 aromatic heterocycles. The summed E-state index contributed by atoms with van der Waals surface area (Å²) in [6.07, 6.45) is -4.39. The molecule has 0 nitrogen and oxygen atoms in total. The zero-order valence-corrected chi connectivity index (χ0v) is 11.1. The molecule has 0 radical (unpaired) electrons. The van der Waals surface area contributed by atoms with Gasteiger partial charge in [-0.05, 0) is 51.9 Å². The quantitative estimate of drug-likeness (QED) is 0.486. The first-order valence-corrected chi connectivity index (χ1v) is 6.09. The summed E-state index contributed by atoms with van der Waals surface area (Å²) in [5.74, 6) is -0.439. The van der Waals surface area contributed by atoms with Gasteiger partial charge in [-0.2, -0.15) is 13.2 Å². The summed E-state index contributed by atoms with van der Waals surface area (Å²) in [4.78, 5) is 0. The van der Waals surface area contributed by atoms with Crippen molar-refractivity contribution in [3.8, 4) is 11.1 Å². The number of halogens is 5. The van der Waals surface area contributed by atoms with Crippen LogP contribution in [0.1, 0.15) is 5.56 Å². The van der Waals surface area contributed by atoms with Crippen LogP contribution in [0.2, 0.25) is 0 Å². The van der Waals surface area contributed by atoms with Gasteiger partial charge in [-0.1, -0.05) is 24.3 Å². The predicted octanol–water partition coefficient (Wildman–Crippen LogP) is 5.12. The molecule has 2 aromatic carbocycles. The fourth-order valence-electron chi connectivity index (χ4n) is 1.59. The Hall–Kier alpha value is -1.11. The van der Waals surface area contributed by atoms with Gasteiger partial charge in [-0.25, -0.2) is 4.39 Å². The molecule has 18 heavy (non-hydrogen) atoms. The molecule has 0 amide bonds. The summed E-state index contributed by atoms with van der Waals surface area (Å²) in [7, 11) is 0. The molecule has 0 saturated carbocycles. The van der Waals surface area contributed by atoms with E-state index < -0.39 is 17.6 Å². The summed E-state index contributed by atoms with van der Waals surface area (Å²) < 4.78 is 51.4. The average molecular weight is 366 g/mol. The number of benzene rings is 2. The second-order valence-corrected chi connectivity index (χ2v) is 4.76. The van der Waals surface area contributed by atoms with Gasteiger partial charge in [-0.3, -0.25) is 0 Å². The molecule has 0 aliphatic carbocycles. The zero-order valence-electron chi connectivity index (χ0n) is 8.93. The molecular weight excluding hydrogens is 359 g/mol. The Balaban J connectivity index is 2.55.